The van der Waals surface area contributed by atoms with Crippen molar-refractivity contribution in [2.45, 2.75) is 31.5 Å². The molecule has 3 aromatic heterocycles. The number of aromatic hydroxyl groups is 1. The number of imidazole rings is 1. The summed E-state index contributed by atoms with van der Waals surface area (Å²) in [6.07, 6.45) is -2.07. The average Bonchev–Trinajstić information content (AvgIpc) is 3.44. The summed E-state index contributed by atoms with van der Waals surface area (Å²) < 4.78 is 25.9. The molecule has 0 amide bonds. The Balaban J connectivity index is 1.47. The lowest BCUT2D eigenvalue weighted by Gasteiger charge is -2.16. The number of nitrogens with zero attached hydrogens (tertiary/aromatic N) is 6. The fourth-order valence-corrected chi connectivity index (χ4v) is 3.37. The summed E-state index contributed by atoms with van der Waals surface area (Å²) in [6.45, 7) is 1.62. The van der Waals surface area contributed by atoms with Gasteiger partial charge in [0.25, 0.3) is 5.89 Å². The molecule has 0 unspecified atom stereocenters. The molecule has 5 rings (SSSR count). The van der Waals surface area contributed by atoms with Crippen LogP contribution in [0.15, 0.2) is 35.4 Å². The molecule has 1 fully saturated rings. The van der Waals surface area contributed by atoms with E-state index in [-0.39, 0.29) is 11.7 Å². The number of rotatable bonds is 4. The maximum absolute atomic E-state index is 13.6. The third kappa shape index (κ3) is 3.24. The minimum Gasteiger partial charge on any atom is -0.505 e. The van der Waals surface area contributed by atoms with Crippen LogP contribution in [0, 0.1) is 12.7 Å². The number of phenols is 1. The molecule has 12 nitrogen and oxygen atoms in total. The SMILES string of the molecule is Cc1noc([C@H]2O[C@@H](n3cnc4c(Nc5ccc(O)c(F)c5)ncnc43)[C@H](O)[C@@H]2O)n1. The molecule has 4 N–H and O–H groups in total. The zero-order valence-corrected chi connectivity index (χ0v) is 15.9. The van der Waals surface area contributed by atoms with Crippen molar-refractivity contribution in [1.29, 1.82) is 0 Å². The summed E-state index contributed by atoms with van der Waals surface area (Å²) in [6, 6.07) is 3.79. The second kappa shape index (κ2) is 7.23. The number of benzene rings is 1. The summed E-state index contributed by atoms with van der Waals surface area (Å²) in [5.74, 6) is -0.585. The highest BCUT2D eigenvalue weighted by Crippen LogP contribution is 2.39. The first kappa shape index (κ1) is 19.3. The molecular weight excluding hydrogens is 413 g/mol. The van der Waals surface area contributed by atoms with Crippen molar-refractivity contribution in [1.82, 2.24) is 29.7 Å². The van der Waals surface area contributed by atoms with Crippen molar-refractivity contribution in [3.63, 3.8) is 0 Å². The monoisotopic (exact) mass is 429 g/mol. The lowest BCUT2D eigenvalue weighted by atomic mass is 10.1. The molecule has 0 spiro atoms. The molecule has 0 saturated carbocycles. The van der Waals surface area contributed by atoms with Gasteiger partial charge in [-0.2, -0.15) is 4.98 Å². The molecule has 31 heavy (non-hydrogen) atoms. The van der Waals surface area contributed by atoms with E-state index in [0.717, 1.165) is 6.07 Å². The molecule has 0 radical (unpaired) electrons. The van der Waals surface area contributed by atoms with Crippen LogP contribution in [0.25, 0.3) is 11.2 Å². The normalized spacial score (nSPS) is 23.5. The number of halogens is 1. The summed E-state index contributed by atoms with van der Waals surface area (Å²) in [5, 5.41) is 36.9. The van der Waals surface area contributed by atoms with Gasteiger partial charge in [-0.15, -0.1) is 0 Å². The van der Waals surface area contributed by atoms with Crippen LogP contribution in [0.1, 0.15) is 24.0 Å². The Bertz CT molecular complexity index is 1260. The zero-order valence-electron chi connectivity index (χ0n) is 15.9. The van der Waals surface area contributed by atoms with Crippen LogP contribution in [0.3, 0.4) is 0 Å². The van der Waals surface area contributed by atoms with Crippen molar-refractivity contribution in [2.75, 3.05) is 5.32 Å². The molecule has 1 aliphatic heterocycles. The standard InChI is InChI=1S/C18H16FN7O5/c1-7-23-17(31-25-7)14-12(28)13(29)18(30-14)26-6-22-11-15(20-5-21-16(11)26)24-8-2-3-10(27)9(19)4-8/h2-6,12-14,18,27-29H,1H3,(H,20,21,24)/t12-,13+,14-,18+/m0/s1. The average molecular weight is 429 g/mol. The smallest absolute Gasteiger partial charge is 0.258 e. The maximum atomic E-state index is 13.6. The number of nitrogens with one attached hydrogen (secondary N) is 1. The van der Waals surface area contributed by atoms with Gasteiger partial charge in [0.15, 0.2) is 46.7 Å². The molecule has 1 saturated heterocycles. The van der Waals surface area contributed by atoms with Gasteiger partial charge >= 0.3 is 0 Å². The third-order valence-corrected chi connectivity index (χ3v) is 4.87. The van der Waals surface area contributed by atoms with Gasteiger partial charge in [0.05, 0.1) is 6.33 Å². The van der Waals surface area contributed by atoms with Crippen molar-refractivity contribution < 1.29 is 29.0 Å². The molecule has 13 heteroatoms. The topological polar surface area (TPSA) is 164 Å². The van der Waals surface area contributed by atoms with Gasteiger partial charge < -0.3 is 29.9 Å². The minimum absolute atomic E-state index is 0.0438. The Kier molecular flexibility index (Phi) is 4.50. The lowest BCUT2D eigenvalue weighted by molar-refractivity contribution is -0.0451. The first-order valence-corrected chi connectivity index (χ1v) is 9.17. The number of phenolic OH excluding ortho intramolecular Hbond substituents is 1. The zero-order chi connectivity index (χ0) is 21.7. The summed E-state index contributed by atoms with van der Waals surface area (Å²) in [4.78, 5) is 16.6. The molecule has 1 aliphatic rings. The van der Waals surface area contributed by atoms with Crippen LogP contribution >= 0.6 is 0 Å². The van der Waals surface area contributed by atoms with Gasteiger partial charge in [-0.25, -0.2) is 19.3 Å². The van der Waals surface area contributed by atoms with Crippen molar-refractivity contribution in [3.05, 3.63) is 48.4 Å². The molecule has 4 atom stereocenters. The van der Waals surface area contributed by atoms with Crippen LogP contribution < -0.4 is 5.32 Å². The van der Waals surface area contributed by atoms with Crippen LogP contribution in [0.4, 0.5) is 15.9 Å². The Morgan fingerprint density at radius 3 is 2.74 bits per heavy atom. The van der Waals surface area contributed by atoms with Crippen LogP contribution in [0.2, 0.25) is 0 Å². The minimum atomic E-state index is -1.33. The van der Waals surface area contributed by atoms with Crippen molar-refractivity contribution >= 4 is 22.7 Å². The Labute approximate surface area is 173 Å². The number of anilines is 2. The predicted octanol–water partition coefficient (Wildman–Crippen LogP) is 1.10. The fraction of sp³-hybridized carbons (Fsp3) is 0.278. The van der Waals surface area contributed by atoms with E-state index in [0.29, 0.717) is 22.7 Å². The highest BCUT2D eigenvalue weighted by atomic mass is 19.1. The van der Waals surface area contributed by atoms with Crippen molar-refractivity contribution in [2.24, 2.45) is 0 Å². The van der Waals surface area contributed by atoms with Crippen LogP contribution in [0.5, 0.6) is 5.75 Å². The van der Waals surface area contributed by atoms with Gasteiger partial charge in [0, 0.05) is 11.8 Å². The van der Waals surface area contributed by atoms with Crippen molar-refractivity contribution in [3.8, 4) is 5.75 Å². The van der Waals surface area contributed by atoms with Gasteiger partial charge in [-0.3, -0.25) is 4.57 Å². The molecule has 4 heterocycles. The van der Waals surface area contributed by atoms with Crippen LogP contribution in [-0.2, 0) is 4.74 Å². The van der Waals surface area contributed by atoms with E-state index < -0.39 is 36.1 Å². The second-order valence-electron chi connectivity index (χ2n) is 6.95. The number of aliphatic hydroxyl groups excluding tert-OH is 2. The molecular formula is C18H16FN7O5. The molecule has 0 aliphatic carbocycles. The first-order valence-electron chi connectivity index (χ1n) is 9.17. The number of aromatic nitrogens is 6. The number of fused-ring (bicyclic) bond motifs is 1. The van der Waals surface area contributed by atoms with E-state index in [9.17, 15) is 19.7 Å². The van der Waals surface area contributed by atoms with Gasteiger partial charge in [0.1, 0.15) is 18.5 Å². The number of aliphatic hydroxyl groups is 2. The predicted molar refractivity (Wildman–Crippen MR) is 101 cm³/mol. The highest BCUT2D eigenvalue weighted by Gasteiger charge is 2.47. The summed E-state index contributed by atoms with van der Waals surface area (Å²) in [5.41, 5.74) is 0.956. The second-order valence-corrected chi connectivity index (χ2v) is 6.95. The summed E-state index contributed by atoms with van der Waals surface area (Å²) >= 11 is 0. The van der Waals surface area contributed by atoms with Gasteiger partial charge in [-0.1, -0.05) is 5.16 Å². The number of ether oxygens (including phenoxy) is 1. The Hall–Kier alpha value is -3.68. The first-order chi connectivity index (χ1) is 14.9. The van der Waals surface area contributed by atoms with E-state index in [1.807, 2.05) is 0 Å². The Morgan fingerprint density at radius 1 is 1.16 bits per heavy atom. The lowest BCUT2D eigenvalue weighted by Crippen LogP contribution is -2.29. The fourth-order valence-electron chi connectivity index (χ4n) is 3.37. The van der Waals surface area contributed by atoms with E-state index in [2.05, 4.69) is 30.4 Å². The van der Waals surface area contributed by atoms with Crippen LogP contribution in [-0.4, -0.2) is 57.2 Å². The van der Waals surface area contributed by atoms with E-state index in [1.165, 1.54) is 29.4 Å². The third-order valence-electron chi connectivity index (χ3n) is 4.87. The van der Waals surface area contributed by atoms with E-state index in [1.54, 1.807) is 6.92 Å². The Morgan fingerprint density at radius 2 is 2.00 bits per heavy atom. The molecule has 0 bridgehead atoms. The summed E-state index contributed by atoms with van der Waals surface area (Å²) in [7, 11) is 0. The maximum Gasteiger partial charge on any atom is 0.258 e. The quantitative estimate of drug-likeness (QED) is 0.343. The number of hydrogen-bond donors (Lipinski definition) is 4. The molecule has 160 valence electrons. The highest BCUT2D eigenvalue weighted by molar-refractivity contribution is 5.85. The molecule has 4 aromatic rings. The molecule has 1 aromatic carbocycles. The number of aryl methyl sites for hydroxylation is 1. The van der Waals surface area contributed by atoms with Gasteiger partial charge in [-0.05, 0) is 19.1 Å². The largest absolute Gasteiger partial charge is 0.505 e. The van der Waals surface area contributed by atoms with Gasteiger partial charge in [0.2, 0.25) is 0 Å². The van der Waals surface area contributed by atoms with E-state index >= 15 is 0 Å². The van der Waals surface area contributed by atoms with E-state index in [4.69, 9.17) is 9.26 Å². The number of hydrogen-bond acceptors (Lipinski definition) is 11.